The van der Waals surface area contributed by atoms with Crippen LogP contribution in [0.3, 0.4) is 0 Å². The molecule has 88 valence electrons. The van der Waals surface area contributed by atoms with Crippen molar-refractivity contribution in [3.8, 4) is 11.3 Å². The highest BCUT2D eigenvalue weighted by Gasteiger charge is 2.35. The highest BCUT2D eigenvalue weighted by atomic mass is 19.4. The Bertz CT molecular complexity index is 523. The minimum absolute atomic E-state index is 0.243. The topological polar surface area (TPSA) is 38.7 Å². The lowest BCUT2D eigenvalue weighted by Crippen LogP contribution is -2.12. The molecule has 0 unspecified atom stereocenters. The first-order valence-corrected chi connectivity index (χ1v) is 4.80. The van der Waals surface area contributed by atoms with Crippen LogP contribution in [0.2, 0.25) is 0 Å². The fourth-order valence-electron chi connectivity index (χ4n) is 1.37. The van der Waals surface area contributed by atoms with Gasteiger partial charge in [-0.3, -0.25) is 4.98 Å². The number of aryl methyl sites for hydroxylation is 1. The molecule has 0 N–H and O–H groups in total. The normalized spacial score (nSPS) is 11.5. The fourth-order valence-corrected chi connectivity index (χ4v) is 1.37. The smallest absolute Gasteiger partial charge is 0.265 e. The summed E-state index contributed by atoms with van der Waals surface area (Å²) < 4.78 is 37.6. The number of hydrogen-bond acceptors (Lipinski definition) is 3. The van der Waals surface area contributed by atoms with Crippen molar-refractivity contribution in [2.24, 2.45) is 0 Å². The zero-order chi connectivity index (χ0) is 12.5. The van der Waals surface area contributed by atoms with Crippen LogP contribution in [0.15, 0.2) is 30.6 Å². The maximum absolute atomic E-state index is 12.5. The van der Waals surface area contributed by atoms with Crippen molar-refractivity contribution < 1.29 is 13.2 Å². The molecule has 6 heteroatoms. The van der Waals surface area contributed by atoms with Crippen LogP contribution in [0.25, 0.3) is 11.3 Å². The van der Waals surface area contributed by atoms with E-state index in [4.69, 9.17) is 0 Å². The molecule has 0 saturated carbocycles. The van der Waals surface area contributed by atoms with Crippen molar-refractivity contribution in [3.63, 3.8) is 0 Å². The highest BCUT2D eigenvalue weighted by molar-refractivity contribution is 5.58. The van der Waals surface area contributed by atoms with Crippen molar-refractivity contribution in [3.05, 3.63) is 42.1 Å². The van der Waals surface area contributed by atoms with Gasteiger partial charge >= 0.3 is 6.18 Å². The Labute approximate surface area is 95.4 Å². The number of aromatic nitrogens is 3. The van der Waals surface area contributed by atoms with Crippen molar-refractivity contribution in [2.45, 2.75) is 13.1 Å². The third-order valence-electron chi connectivity index (χ3n) is 2.08. The van der Waals surface area contributed by atoms with E-state index in [1.165, 1.54) is 25.4 Å². The summed E-state index contributed by atoms with van der Waals surface area (Å²) in [5.74, 6) is -1.12. The van der Waals surface area contributed by atoms with Crippen LogP contribution in [0, 0.1) is 6.92 Å². The molecule has 0 bridgehead atoms. The summed E-state index contributed by atoms with van der Waals surface area (Å²) in [5.41, 5.74) is 1.10. The predicted octanol–water partition coefficient (Wildman–Crippen LogP) is 2.87. The van der Waals surface area contributed by atoms with Gasteiger partial charge in [0.15, 0.2) is 0 Å². The van der Waals surface area contributed by atoms with Gasteiger partial charge in [0, 0.05) is 23.7 Å². The van der Waals surface area contributed by atoms with Gasteiger partial charge in [-0.1, -0.05) is 0 Å². The molecule has 0 radical (unpaired) electrons. The van der Waals surface area contributed by atoms with Crippen LogP contribution in [-0.4, -0.2) is 15.0 Å². The zero-order valence-electron chi connectivity index (χ0n) is 8.86. The molecule has 2 rings (SSSR count). The molecule has 0 saturated heterocycles. The second kappa shape index (κ2) is 4.12. The van der Waals surface area contributed by atoms with E-state index >= 15 is 0 Å². The molecule has 0 aliphatic carbocycles. The van der Waals surface area contributed by atoms with Crippen LogP contribution in [0.1, 0.15) is 11.5 Å². The quantitative estimate of drug-likeness (QED) is 0.768. The van der Waals surface area contributed by atoms with E-state index in [-0.39, 0.29) is 11.4 Å². The minimum atomic E-state index is -4.53. The number of rotatable bonds is 1. The third-order valence-corrected chi connectivity index (χ3v) is 2.08. The van der Waals surface area contributed by atoms with Crippen molar-refractivity contribution >= 4 is 0 Å². The number of pyridine rings is 1. The summed E-state index contributed by atoms with van der Waals surface area (Å²) in [6.07, 6.45) is -1.53. The van der Waals surface area contributed by atoms with E-state index in [9.17, 15) is 13.2 Å². The summed E-state index contributed by atoms with van der Waals surface area (Å²) >= 11 is 0. The summed E-state index contributed by atoms with van der Waals surface area (Å²) in [5, 5.41) is 0. The molecule has 0 amide bonds. The molecule has 2 heterocycles. The third kappa shape index (κ3) is 2.58. The van der Waals surface area contributed by atoms with Crippen molar-refractivity contribution in [2.75, 3.05) is 0 Å². The highest BCUT2D eigenvalue weighted by Crippen LogP contribution is 2.28. The van der Waals surface area contributed by atoms with Crippen LogP contribution in [0.4, 0.5) is 13.2 Å². The summed E-state index contributed by atoms with van der Waals surface area (Å²) in [4.78, 5) is 10.7. The lowest BCUT2D eigenvalue weighted by molar-refractivity contribution is -0.145. The molecule has 3 nitrogen and oxygen atoms in total. The van der Waals surface area contributed by atoms with E-state index in [0.29, 0.717) is 5.56 Å². The summed E-state index contributed by atoms with van der Waals surface area (Å²) in [6, 6.07) is 4.70. The molecule has 2 aromatic heterocycles. The van der Waals surface area contributed by atoms with Crippen LogP contribution < -0.4 is 0 Å². The molecular formula is C11H8F3N3. The Kier molecular flexibility index (Phi) is 2.79. The van der Waals surface area contributed by atoms with Gasteiger partial charge in [0.2, 0.25) is 5.82 Å². The fraction of sp³-hybridized carbons (Fsp3) is 0.182. The molecule has 0 aliphatic rings. The van der Waals surface area contributed by atoms with Gasteiger partial charge in [0.05, 0.1) is 5.69 Å². The molecule has 0 aromatic carbocycles. The van der Waals surface area contributed by atoms with Crippen LogP contribution in [-0.2, 0) is 6.18 Å². The van der Waals surface area contributed by atoms with Gasteiger partial charge in [0.1, 0.15) is 0 Å². The Balaban J connectivity index is 2.54. The molecule has 0 fully saturated rings. The molecule has 0 atom stereocenters. The summed E-state index contributed by atoms with van der Waals surface area (Å²) in [6.45, 7) is 1.50. The van der Waals surface area contributed by atoms with Gasteiger partial charge in [-0.2, -0.15) is 13.2 Å². The number of halogens is 3. The number of alkyl halides is 3. The first-order valence-electron chi connectivity index (χ1n) is 4.80. The van der Waals surface area contributed by atoms with Crippen LogP contribution in [0.5, 0.6) is 0 Å². The van der Waals surface area contributed by atoms with Gasteiger partial charge in [0.25, 0.3) is 0 Å². The predicted molar refractivity (Wildman–Crippen MR) is 55.0 cm³/mol. The number of nitrogens with zero attached hydrogens (tertiary/aromatic N) is 3. The Morgan fingerprint density at radius 3 is 2.29 bits per heavy atom. The van der Waals surface area contributed by atoms with Gasteiger partial charge in [-0.15, -0.1) is 0 Å². The first-order chi connectivity index (χ1) is 7.97. The van der Waals surface area contributed by atoms with Gasteiger partial charge in [-0.25, -0.2) is 9.97 Å². The SMILES string of the molecule is Cc1cc(-c2ccncc2)nc(C(F)(F)F)n1. The van der Waals surface area contributed by atoms with E-state index < -0.39 is 12.0 Å². The molecule has 2 aromatic rings. The van der Waals surface area contributed by atoms with E-state index in [2.05, 4.69) is 15.0 Å². The Morgan fingerprint density at radius 2 is 1.71 bits per heavy atom. The number of hydrogen-bond donors (Lipinski definition) is 0. The molecule has 17 heavy (non-hydrogen) atoms. The average Bonchev–Trinajstić information content (AvgIpc) is 2.28. The van der Waals surface area contributed by atoms with Crippen molar-refractivity contribution in [1.82, 2.24) is 15.0 Å². The lowest BCUT2D eigenvalue weighted by Gasteiger charge is -2.08. The largest absolute Gasteiger partial charge is 0.451 e. The molecule has 0 spiro atoms. The van der Waals surface area contributed by atoms with Crippen LogP contribution >= 0.6 is 0 Å². The lowest BCUT2D eigenvalue weighted by atomic mass is 10.2. The second-order valence-electron chi connectivity index (χ2n) is 3.45. The minimum Gasteiger partial charge on any atom is -0.265 e. The van der Waals surface area contributed by atoms with E-state index in [1.54, 1.807) is 12.1 Å². The van der Waals surface area contributed by atoms with Gasteiger partial charge in [-0.05, 0) is 25.1 Å². The second-order valence-corrected chi connectivity index (χ2v) is 3.45. The van der Waals surface area contributed by atoms with Crippen molar-refractivity contribution in [1.29, 1.82) is 0 Å². The molecule has 0 aliphatic heterocycles. The van der Waals surface area contributed by atoms with E-state index in [1.807, 2.05) is 0 Å². The Morgan fingerprint density at radius 1 is 1.06 bits per heavy atom. The monoisotopic (exact) mass is 239 g/mol. The first kappa shape index (κ1) is 11.5. The maximum atomic E-state index is 12.5. The zero-order valence-corrected chi connectivity index (χ0v) is 8.86. The Hall–Kier alpha value is -1.98. The standard InChI is InChI=1S/C11H8F3N3/c1-7-6-9(8-2-4-15-5-3-8)17-10(16-7)11(12,13)14/h2-6H,1H3. The summed E-state index contributed by atoms with van der Waals surface area (Å²) in [7, 11) is 0. The average molecular weight is 239 g/mol. The van der Waals surface area contributed by atoms with Gasteiger partial charge < -0.3 is 0 Å². The molecular weight excluding hydrogens is 231 g/mol. The van der Waals surface area contributed by atoms with E-state index in [0.717, 1.165) is 0 Å². The maximum Gasteiger partial charge on any atom is 0.451 e.